The van der Waals surface area contributed by atoms with Crippen molar-refractivity contribution in [3.8, 4) is 5.75 Å². The number of halogens is 2. The van der Waals surface area contributed by atoms with Gasteiger partial charge in [-0.15, -0.1) is 0 Å². The van der Waals surface area contributed by atoms with Crippen molar-refractivity contribution >= 4 is 17.3 Å². The Balaban J connectivity index is 1.30. The molecule has 156 valence electrons. The van der Waals surface area contributed by atoms with Crippen molar-refractivity contribution in [1.82, 2.24) is 9.80 Å². The first-order valence-corrected chi connectivity index (χ1v) is 10.8. The van der Waals surface area contributed by atoms with Crippen LogP contribution >= 0.6 is 11.6 Å². The Kier molecular flexibility index (Phi) is 6.58. The van der Waals surface area contributed by atoms with Crippen LogP contribution in [0.3, 0.4) is 0 Å². The summed E-state index contributed by atoms with van der Waals surface area (Å²) in [6.45, 7) is 7.17. The summed E-state index contributed by atoms with van der Waals surface area (Å²) in [6, 6.07) is 14.1. The first-order valence-electron chi connectivity index (χ1n) is 10.4. The quantitative estimate of drug-likeness (QED) is 0.722. The third-order valence-electron chi connectivity index (χ3n) is 6.14. The summed E-state index contributed by atoms with van der Waals surface area (Å²) in [5.41, 5.74) is 2.26. The van der Waals surface area contributed by atoms with Gasteiger partial charge < -0.3 is 9.64 Å². The summed E-state index contributed by atoms with van der Waals surface area (Å²) in [4.78, 5) is 7.54. The lowest BCUT2D eigenvalue weighted by atomic mass is 10.0. The van der Waals surface area contributed by atoms with Gasteiger partial charge in [-0.3, -0.25) is 9.80 Å². The average Bonchev–Trinajstić information content (AvgIpc) is 2.77. The highest BCUT2D eigenvalue weighted by Crippen LogP contribution is 2.24. The van der Waals surface area contributed by atoms with E-state index in [4.69, 9.17) is 16.3 Å². The molecule has 0 unspecified atom stereocenters. The van der Waals surface area contributed by atoms with Gasteiger partial charge in [-0.05, 0) is 61.3 Å². The van der Waals surface area contributed by atoms with Gasteiger partial charge in [-0.25, -0.2) is 4.39 Å². The number of hydrogen-bond acceptors (Lipinski definition) is 4. The fourth-order valence-electron chi connectivity index (χ4n) is 4.51. The van der Waals surface area contributed by atoms with E-state index in [0.29, 0.717) is 6.04 Å². The van der Waals surface area contributed by atoms with Crippen LogP contribution in [0.15, 0.2) is 42.5 Å². The standard InChI is InChI=1S/C23H29ClFN3O/c1-29-21-7-5-19(6-8-21)27-11-13-28(14-12-27)20-3-2-10-26(17-20)16-18-4-9-22(24)23(25)15-18/h4-9,15,20H,2-3,10-14,16-17H2,1H3/t20-/m1/s1. The van der Waals surface area contributed by atoms with Crippen LogP contribution in [-0.2, 0) is 6.54 Å². The highest BCUT2D eigenvalue weighted by atomic mass is 35.5. The average molecular weight is 418 g/mol. The van der Waals surface area contributed by atoms with E-state index in [1.54, 1.807) is 19.2 Å². The maximum Gasteiger partial charge on any atom is 0.142 e. The molecule has 6 heteroatoms. The summed E-state index contributed by atoms with van der Waals surface area (Å²) >= 11 is 5.81. The molecule has 0 amide bonds. The van der Waals surface area contributed by atoms with E-state index in [2.05, 4.69) is 26.8 Å². The van der Waals surface area contributed by atoms with Gasteiger partial charge in [-0.1, -0.05) is 17.7 Å². The summed E-state index contributed by atoms with van der Waals surface area (Å²) < 4.78 is 19.0. The molecule has 0 spiro atoms. The van der Waals surface area contributed by atoms with E-state index in [1.807, 2.05) is 18.2 Å². The Morgan fingerprint density at radius 3 is 2.48 bits per heavy atom. The fraction of sp³-hybridized carbons (Fsp3) is 0.478. The number of likely N-dealkylation sites (tertiary alicyclic amines) is 1. The predicted octanol–water partition coefficient (Wildman–Crippen LogP) is 4.27. The maximum absolute atomic E-state index is 13.7. The van der Waals surface area contributed by atoms with Gasteiger partial charge in [0.1, 0.15) is 11.6 Å². The van der Waals surface area contributed by atoms with Gasteiger partial charge in [0.25, 0.3) is 0 Å². The number of nitrogens with zero attached hydrogens (tertiary/aromatic N) is 3. The molecule has 0 aliphatic carbocycles. The predicted molar refractivity (Wildman–Crippen MR) is 116 cm³/mol. The largest absolute Gasteiger partial charge is 0.497 e. The van der Waals surface area contributed by atoms with Crippen molar-refractivity contribution in [3.63, 3.8) is 0 Å². The van der Waals surface area contributed by atoms with E-state index in [-0.39, 0.29) is 10.8 Å². The van der Waals surface area contributed by atoms with Crippen molar-refractivity contribution in [2.45, 2.75) is 25.4 Å². The third kappa shape index (κ3) is 5.03. The lowest BCUT2D eigenvalue weighted by Crippen LogP contribution is -2.55. The molecule has 0 radical (unpaired) electrons. The monoisotopic (exact) mass is 417 g/mol. The molecule has 0 bridgehead atoms. The Hall–Kier alpha value is -1.82. The molecule has 2 fully saturated rings. The molecule has 2 aliphatic heterocycles. The van der Waals surface area contributed by atoms with E-state index in [9.17, 15) is 4.39 Å². The number of rotatable bonds is 5. The normalized spacial score (nSPS) is 21.3. The minimum absolute atomic E-state index is 0.194. The van der Waals surface area contributed by atoms with Crippen molar-refractivity contribution in [1.29, 1.82) is 0 Å². The first-order chi connectivity index (χ1) is 14.1. The van der Waals surface area contributed by atoms with Crippen LogP contribution in [0, 0.1) is 5.82 Å². The number of piperazine rings is 1. The molecule has 2 saturated heterocycles. The molecule has 0 N–H and O–H groups in total. The van der Waals surface area contributed by atoms with E-state index in [0.717, 1.165) is 57.1 Å². The molecular weight excluding hydrogens is 389 g/mol. The zero-order valence-electron chi connectivity index (χ0n) is 17.0. The summed E-state index contributed by atoms with van der Waals surface area (Å²) in [5, 5.41) is 0.194. The lowest BCUT2D eigenvalue weighted by Gasteiger charge is -2.44. The number of piperidine rings is 1. The third-order valence-corrected chi connectivity index (χ3v) is 6.45. The second-order valence-electron chi connectivity index (χ2n) is 8.00. The molecule has 2 aromatic carbocycles. The second-order valence-corrected chi connectivity index (χ2v) is 8.41. The highest BCUT2D eigenvalue weighted by molar-refractivity contribution is 6.30. The molecule has 1 atom stereocenters. The molecule has 2 aromatic rings. The molecule has 2 heterocycles. The molecule has 2 aliphatic rings. The van der Waals surface area contributed by atoms with E-state index in [1.165, 1.54) is 18.5 Å². The number of hydrogen-bond donors (Lipinski definition) is 0. The molecule has 0 aromatic heterocycles. The van der Waals surface area contributed by atoms with Gasteiger partial charge in [0.15, 0.2) is 0 Å². The number of benzene rings is 2. The zero-order chi connectivity index (χ0) is 20.2. The van der Waals surface area contributed by atoms with E-state index < -0.39 is 0 Å². The second kappa shape index (κ2) is 9.33. The molecule has 4 rings (SSSR count). The Bertz CT molecular complexity index is 808. The number of methoxy groups -OCH3 is 1. The van der Waals surface area contributed by atoms with Crippen molar-refractivity contribution in [3.05, 3.63) is 58.9 Å². The minimum atomic E-state index is -0.327. The van der Waals surface area contributed by atoms with Gasteiger partial charge in [0, 0.05) is 51.0 Å². The SMILES string of the molecule is COc1ccc(N2CCN([C@@H]3CCCN(Cc4ccc(Cl)c(F)c4)C3)CC2)cc1. The van der Waals surface area contributed by atoms with Crippen molar-refractivity contribution in [2.75, 3.05) is 51.3 Å². The maximum atomic E-state index is 13.7. The van der Waals surface area contributed by atoms with Crippen molar-refractivity contribution in [2.24, 2.45) is 0 Å². The lowest BCUT2D eigenvalue weighted by molar-refractivity contribution is 0.0887. The smallest absolute Gasteiger partial charge is 0.142 e. The molecule has 0 saturated carbocycles. The summed E-state index contributed by atoms with van der Waals surface area (Å²) in [7, 11) is 1.70. The van der Waals surface area contributed by atoms with Crippen LogP contribution in [0.2, 0.25) is 5.02 Å². The van der Waals surface area contributed by atoms with Gasteiger partial charge in [0.2, 0.25) is 0 Å². The fourth-order valence-corrected chi connectivity index (χ4v) is 4.62. The van der Waals surface area contributed by atoms with Crippen LogP contribution in [0.5, 0.6) is 5.75 Å². The van der Waals surface area contributed by atoms with Crippen LogP contribution in [0.4, 0.5) is 10.1 Å². The molecule has 4 nitrogen and oxygen atoms in total. The van der Waals surface area contributed by atoms with Gasteiger partial charge >= 0.3 is 0 Å². The minimum Gasteiger partial charge on any atom is -0.497 e. The zero-order valence-corrected chi connectivity index (χ0v) is 17.7. The van der Waals surface area contributed by atoms with Gasteiger partial charge in [0.05, 0.1) is 12.1 Å². The molecular formula is C23H29ClFN3O. The summed E-state index contributed by atoms with van der Waals surface area (Å²) in [5.74, 6) is 0.572. The summed E-state index contributed by atoms with van der Waals surface area (Å²) in [6.07, 6.45) is 2.44. The Morgan fingerprint density at radius 1 is 1.03 bits per heavy atom. The number of ether oxygens (including phenoxy) is 1. The Morgan fingerprint density at radius 2 is 1.79 bits per heavy atom. The van der Waals surface area contributed by atoms with Crippen LogP contribution in [0.25, 0.3) is 0 Å². The Labute approximate surface area is 177 Å². The van der Waals surface area contributed by atoms with Crippen molar-refractivity contribution < 1.29 is 9.13 Å². The number of anilines is 1. The molecule has 29 heavy (non-hydrogen) atoms. The van der Waals surface area contributed by atoms with Crippen LogP contribution in [0.1, 0.15) is 18.4 Å². The van der Waals surface area contributed by atoms with E-state index >= 15 is 0 Å². The first kappa shape index (κ1) is 20.5. The van der Waals surface area contributed by atoms with Gasteiger partial charge in [-0.2, -0.15) is 0 Å². The topological polar surface area (TPSA) is 19.0 Å². The highest BCUT2D eigenvalue weighted by Gasteiger charge is 2.28. The van der Waals surface area contributed by atoms with Crippen LogP contribution in [-0.4, -0.2) is 62.2 Å². The van der Waals surface area contributed by atoms with Crippen LogP contribution < -0.4 is 9.64 Å².